The second-order valence-electron chi connectivity index (χ2n) is 5.34. The fourth-order valence-corrected chi connectivity index (χ4v) is 2.82. The van der Waals surface area contributed by atoms with Crippen LogP contribution in [0.4, 0.5) is 0 Å². The van der Waals surface area contributed by atoms with Crippen molar-refractivity contribution < 1.29 is 0 Å². The molecule has 0 unspecified atom stereocenters. The maximum atomic E-state index is 8.80. The molecule has 0 saturated heterocycles. The molecule has 0 saturated carbocycles. The molecule has 0 spiro atoms. The molecule has 0 radical (unpaired) electrons. The normalized spacial score (nSPS) is 13.6. The van der Waals surface area contributed by atoms with Crippen molar-refractivity contribution in [2.24, 2.45) is 0 Å². The molecule has 0 aliphatic heterocycles. The van der Waals surface area contributed by atoms with Crippen LogP contribution >= 0.6 is 0 Å². The molecular formula is C17H17N3. The van der Waals surface area contributed by atoms with Gasteiger partial charge in [-0.3, -0.25) is 0 Å². The average Bonchev–Trinajstić information content (AvgIpc) is 2.46. The Morgan fingerprint density at radius 1 is 1.10 bits per heavy atom. The third-order valence-corrected chi connectivity index (χ3v) is 3.78. The van der Waals surface area contributed by atoms with Crippen LogP contribution in [0.25, 0.3) is 11.3 Å². The van der Waals surface area contributed by atoms with Crippen molar-refractivity contribution in [3.05, 3.63) is 46.9 Å². The van der Waals surface area contributed by atoms with E-state index in [1.807, 2.05) is 13.0 Å². The lowest BCUT2D eigenvalue weighted by molar-refractivity contribution is 0.686. The summed E-state index contributed by atoms with van der Waals surface area (Å²) in [6.07, 6.45) is 5.19. The molecule has 1 aliphatic rings. The number of hydrogen-bond acceptors (Lipinski definition) is 3. The van der Waals surface area contributed by atoms with Gasteiger partial charge < -0.3 is 0 Å². The molecule has 1 aromatic heterocycles. The van der Waals surface area contributed by atoms with Crippen molar-refractivity contribution >= 4 is 0 Å². The van der Waals surface area contributed by atoms with E-state index in [-0.39, 0.29) is 6.42 Å². The third-order valence-electron chi connectivity index (χ3n) is 3.78. The van der Waals surface area contributed by atoms with Gasteiger partial charge in [-0.2, -0.15) is 5.26 Å². The van der Waals surface area contributed by atoms with Crippen LogP contribution < -0.4 is 0 Å². The molecule has 20 heavy (non-hydrogen) atoms. The monoisotopic (exact) mass is 263 g/mol. The van der Waals surface area contributed by atoms with E-state index >= 15 is 0 Å². The molecule has 3 nitrogen and oxygen atoms in total. The topological polar surface area (TPSA) is 49.6 Å². The number of rotatable bonds is 2. The minimum absolute atomic E-state index is 0.264. The Morgan fingerprint density at radius 3 is 2.70 bits per heavy atom. The molecular weight excluding hydrogens is 246 g/mol. The number of nitrogens with zero attached hydrogens (tertiary/aromatic N) is 3. The summed E-state index contributed by atoms with van der Waals surface area (Å²) in [6.45, 7) is 1.95. The summed E-state index contributed by atoms with van der Waals surface area (Å²) in [5.41, 5.74) is 5.90. The molecule has 3 rings (SSSR count). The maximum Gasteiger partial charge on any atom is 0.143 e. The summed E-state index contributed by atoms with van der Waals surface area (Å²) >= 11 is 0. The van der Waals surface area contributed by atoms with Gasteiger partial charge in [0.05, 0.1) is 18.2 Å². The first-order valence-electron chi connectivity index (χ1n) is 7.10. The second-order valence-corrected chi connectivity index (χ2v) is 5.34. The summed E-state index contributed by atoms with van der Waals surface area (Å²) in [4.78, 5) is 8.81. The number of aryl methyl sites for hydroxylation is 3. The number of fused-ring (bicyclic) bond motifs is 1. The van der Waals surface area contributed by atoms with Crippen LogP contribution in [0.15, 0.2) is 24.3 Å². The van der Waals surface area contributed by atoms with Crippen LogP contribution in [0.2, 0.25) is 0 Å². The highest BCUT2D eigenvalue weighted by Crippen LogP contribution is 2.26. The maximum absolute atomic E-state index is 8.80. The van der Waals surface area contributed by atoms with Gasteiger partial charge in [0.1, 0.15) is 5.82 Å². The van der Waals surface area contributed by atoms with Gasteiger partial charge in [-0.15, -0.1) is 0 Å². The SMILES string of the molecule is Cc1cc(-c2ccc3c(c2)CCCC3)nc(CC#N)n1. The van der Waals surface area contributed by atoms with E-state index in [4.69, 9.17) is 5.26 Å². The minimum Gasteiger partial charge on any atom is -0.237 e. The van der Waals surface area contributed by atoms with Gasteiger partial charge >= 0.3 is 0 Å². The fraction of sp³-hybridized carbons (Fsp3) is 0.353. The highest BCUT2D eigenvalue weighted by molar-refractivity contribution is 5.61. The van der Waals surface area contributed by atoms with Gasteiger partial charge in [0.15, 0.2) is 0 Å². The number of hydrogen-bond donors (Lipinski definition) is 0. The lowest BCUT2D eigenvalue weighted by atomic mass is 9.90. The first-order valence-corrected chi connectivity index (χ1v) is 7.10. The summed E-state index contributed by atoms with van der Waals surface area (Å²) in [5, 5.41) is 8.80. The molecule has 1 heterocycles. The van der Waals surface area contributed by atoms with Gasteiger partial charge in [0, 0.05) is 11.3 Å². The predicted molar refractivity (Wildman–Crippen MR) is 78.2 cm³/mol. The van der Waals surface area contributed by atoms with Crippen molar-refractivity contribution in [3.63, 3.8) is 0 Å². The van der Waals surface area contributed by atoms with Gasteiger partial charge in [-0.1, -0.05) is 12.1 Å². The van der Waals surface area contributed by atoms with Crippen LogP contribution in [0.1, 0.15) is 35.5 Å². The molecule has 0 N–H and O–H groups in total. The smallest absolute Gasteiger partial charge is 0.143 e. The lowest BCUT2D eigenvalue weighted by Crippen LogP contribution is -2.03. The summed E-state index contributed by atoms with van der Waals surface area (Å²) in [7, 11) is 0. The van der Waals surface area contributed by atoms with Crippen molar-refractivity contribution in [3.8, 4) is 17.3 Å². The number of aromatic nitrogens is 2. The Balaban J connectivity index is 2.02. The van der Waals surface area contributed by atoms with Gasteiger partial charge in [-0.25, -0.2) is 9.97 Å². The zero-order chi connectivity index (χ0) is 13.9. The van der Waals surface area contributed by atoms with E-state index in [9.17, 15) is 0 Å². The van der Waals surface area contributed by atoms with E-state index in [0.717, 1.165) is 23.4 Å². The molecule has 0 fully saturated rings. The minimum atomic E-state index is 0.264. The van der Waals surface area contributed by atoms with E-state index in [0.29, 0.717) is 5.82 Å². The zero-order valence-corrected chi connectivity index (χ0v) is 11.7. The van der Waals surface area contributed by atoms with E-state index < -0.39 is 0 Å². The fourth-order valence-electron chi connectivity index (χ4n) is 2.82. The van der Waals surface area contributed by atoms with Crippen molar-refractivity contribution in [1.82, 2.24) is 9.97 Å². The summed E-state index contributed by atoms with van der Waals surface area (Å²) < 4.78 is 0. The molecule has 100 valence electrons. The first-order chi connectivity index (χ1) is 9.76. The molecule has 0 bridgehead atoms. The Morgan fingerprint density at radius 2 is 1.90 bits per heavy atom. The molecule has 2 aromatic rings. The quantitative estimate of drug-likeness (QED) is 0.834. The second kappa shape index (κ2) is 5.42. The highest BCUT2D eigenvalue weighted by atomic mass is 14.9. The Kier molecular flexibility index (Phi) is 3.47. The number of nitriles is 1. The van der Waals surface area contributed by atoms with E-state index in [1.54, 1.807) is 0 Å². The van der Waals surface area contributed by atoms with Gasteiger partial charge in [0.2, 0.25) is 0 Å². The summed E-state index contributed by atoms with van der Waals surface area (Å²) in [5.74, 6) is 0.611. The van der Waals surface area contributed by atoms with E-state index in [1.165, 1.54) is 30.4 Å². The summed E-state index contributed by atoms with van der Waals surface area (Å²) in [6, 6.07) is 10.7. The number of benzene rings is 1. The van der Waals surface area contributed by atoms with Crippen LogP contribution in [0.5, 0.6) is 0 Å². The van der Waals surface area contributed by atoms with Gasteiger partial charge in [-0.05, 0) is 55.9 Å². The van der Waals surface area contributed by atoms with Crippen molar-refractivity contribution in [1.29, 1.82) is 5.26 Å². The lowest BCUT2D eigenvalue weighted by Gasteiger charge is -2.16. The standard InChI is InChI=1S/C17H17N3/c1-12-10-16(20-17(19-12)8-9-18)15-7-6-13-4-2-3-5-14(13)11-15/h6-7,10-11H,2-5,8H2,1H3. The van der Waals surface area contributed by atoms with Crippen molar-refractivity contribution in [2.75, 3.05) is 0 Å². The van der Waals surface area contributed by atoms with Crippen molar-refractivity contribution in [2.45, 2.75) is 39.0 Å². The van der Waals surface area contributed by atoms with Crippen LogP contribution in [0, 0.1) is 18.3 Å². The Bertz CT molecular complexity index is 683. The molecule has 0 amide bonds. The highest BCUT2D eigenvalue weighted by Gasteiger charge is 2.11. The zero-order valence-electron chi connectivity index (χ0n) is 11.7. The average molecular weight is 263 g/mol. The molecule has 1 aliphatic carbocycles. The largest absolute Gasteiger partial charge is 0.237 e. The molecule has 3 heteroatoms. The predicted octanol–water partition coefficient (Wildman–Crippen LogP) is 3.40. The molecule has 1 aromatic carbocycles. The first kappa shape index (κ1) is 12.8. The van der Waals surface area contributed by atoms with Gasteiger partial charge in [0.25, 0.3) is 0 Å². The van der Waals surface area contributed by atoms with Crippen LogP contribution in [0.3, 0.4) is 0 Å². The van der Waals surface area contributed by atoms with E-state index in [2.05, 4.69) is 34.2 Å². The van der Waals surface area contributed by atoms with Crippen LogP contribution in [-0.2, 0) is 19.3 Å². The Hall–Kier alpha value is -2.21. The van der Waals surface area contributed by atoms with Crippen LogP contribution in [-0.4, -0.2) is 9.97 Å². The third kappa shape index (κ3) is 2.55. The Labute approximate surface area is 119 Å². The molecule has 0 atom stereocenters.